The molecule has 1 aromatic heterocycles. The Labute approximate surface area is 162 Å². The number of sulfonamides is 1. The van der Waals surface area contributed by atoms with Crippen molar-refractivity contribution in [1.82, 2.24) is 9.88 Å². The number of nitrogens with zero attached hydrogens (tertiary/aromatic N) is 2. The molecule has 144 valence electrons. The number of amides is 1. The molecule has 1 saturated heterocycles. The van der Waals surface area contributed by atoms with Crippen molar-refractivity contribution in [3.8, 4) is 0 Å². The van der Waals surface area contributed by atoms with Crippen LogP contribution in [0.4, 0.5) is 5.69 Å². The van der Waals surface area contributed by atoms with E-state index in [1.54, 1.807) is 66.6 Å². The normalized spacial score (nSPS) is 15.9. The lowest BCUT2D eigenvalue weighted by molar-refractivity contribution is -0.0668. The molecule has 3 aromatic rings. The van der Waals surface area contributed by atoms with Gasteiger partial charge < -0.3 is 10.0 Å². The first-order valence-electron chi connectivity index (χ1n) is 8.74. The first-order chi connectivity index (χ1) is 13.3. The summed E-state index contributed by atoms with van der Waals surface area (Å²) < 4.78 is 28.2. The van der Waals surface area contributed by atoms with Crippen LogP contribution in [0.5, 0.6) is 0 Å². The highest BCUT2D eigenvalue weighted by Gasteiger charge is 2.39. The smallest absolute Gasteiger partial charge is 0.264 e. The van der Waals surface area contributed by atoms with Crippen LogP contribution in [0.15, 0.2) is 65.7 Å². The third-order valence-corrected chi connectivity index (χ3v) is 6.03. The molecule has 8 heteroatoms. The van der Waals surface area contributed by atoms with E-state index >= 15 is 0 Å². The molecule has 2 N–H and O–H groups in total. The van der Waals surface area contributed by atoms with E-state index in [2.05, 4.69) is 9.71 Å². The lowest BCUT2D eigenvalue weighted by atomic mass is 9.96. The van der Waals surface area contributed by atoms with Crippen molar-refractivity contribution >= 4 is 32.5 Å². The molecule has 4 rings (SSSR count). The number of anilines is 1. The third-order valence-electron chi connectivity index (χ3n) is 4.62. The van der Waals surface area contributed by atoms with E-state index in [-0.39, 0.29) is 23.9 Å². The summed E-state index contributed by atoms with van der Waals surface area (Å²) in [5.41, 5.74) is 0.345. The molecule has 0 unspecified atom stereocenters. The van der Waals surface area contributed by atoms with Crippen molar-refractivity contribution in [3.05, 3.63) is 66.4 Å². The number of carbonyl (C=O) groups is 1. The van der Waals surface area contributed by atoms with Crippen molar-refractivity contribution in [2.24, 2.45) is 0 Å². The van der Waals surface area contributed by atoms with E-state index in [0.717, 1.165) is 5.39 Å². The number of likely N-dealkylation sites (tertiary alicyclic amines) is 1. The summed E-state index contributed by atoms with van der Waals surface area (Å²) in [5.74, 6) is -0.195. The molecule has 1 aliphatic rings. The lowest BCUT2D eigenvalue weighted by Gasteiger charge is -2.44. The topological polar surface area (TPSA) is 99.6 Å². The van der Waals surface area contributed by atoms with Crippen LogP contribution in [0.1, 0.15) is 17.3 Å². The fourth-order valence-corrected chi connectivity index (χ4v) is 4.53. The molecule has 0 aliphatic carbocycles. The second-order valence-electron chi connectivity index (χ2n) is 7.17. The second-order valence-corrected chi connectivity index (χ2v) is 8.82. The van der Waals surface area contributed by atoms with Gasteiger partial charge in [0.25, 0.3) is 15.9 Å². The predicted molar refractivity (Wildman–Crippen MR) is 106 cm³/mol. The van der Waals surface area contributed by atoms with Crippen LogP contribution < -0.4 is 4.72 Å². The van der Waals surface area contributed by atoms with Crippen LogP contribution in [0, 0.1) is 0 Å². The van der Waals surface area contributed by atoms with Gasteiger partial charge in [0.05, 0.1) is 24.2 Å². The molecular formula is C20H19N3O4S. The maximum atomic E-state index is 12.8. The number of carbonyl (C=O) groups excluding carboxylic acids is 1. The Hall–Kier alpha value is -2.97. The van der Waals surface area contributed by atoms with Gasteiger partial charge in [0.2, 0.25) is 0 Å². The summed E-state index contributed by atoms with van der Waals surface area (Å²) in [6.07, 6.45) is 1.55. The van der Waals surface area contributed by atoms with Gasteiger partial charge in [-0.15, -0.1) is 0 Å². The standard InChI is InChI=1S/C20H19N3O4S/c1-20(25)12-23(13-20)19(24)15-7-9-16(10-8-15)22-28(26,27)17-6-2-4-14-5-3-11-21-18(14)17/h2-11,22,25H,12-13H2,1H3. The Morgan fingerprint density at radius 3 is 2.46 bits per heavy atom. The number of β-amino-alcohol motifs (C(OH)–C–C–N with tert-alkyl or cyclic N) is 1. The quantitative estimate of drug-likeness (QED) is 0.703. The molecule has 0 saturated carbocycles. The van der Waals surface area contributed by atoms with E-state index in [4.69, 9.17) is 0 Å². The van der Waals surface area contributed by atoms with Crippen LogP contribution in [-0.2, 0) is 10.0 Å². The monoisotopic (exact) mass is 397 g/mol. The number of aromatic nitrogens is 1. The van der Waals surface area contributed by atoms with Gasteiger partial charge in [-0.05, 0) is 43.3 Å². The van der Waals surface area contributed by atoms with Crippen molar-refractivity contribution in [2.45, 2.75) is 17.4 Å². The first kappa shape index (κ1) is 18.4. The van der Waals surface area contributed by atoms with Gasteiger partial charge in [-0.25, -0.2) is 8.42 Å². The summed E-state index contributed by atoms with van der Waals surface area (Å²) in [5, 5.41) is 10.5. The third kappa shape index (κ3) is 3.44. The molecule has 7 nitrogen and oxygen atoms in total. The highest BCUT2D eigenvalue weighted by atomic mass is 32.2. The largest absolute Gasteiger partial charge is 0.386 e. The molecule has 1 fully saturated rings. The minimum absolute atomic E-state index is 0.0913. The fraction of sp³-hybridized carbons (Fsp3) is 0.200. The maximum Gasteiger partial charge on any atom is 0.264 e. The Morgan fingerprint density at radius 2 is 1.79 bits per heavy atom. The van der Waals surface area contributed by atoms with E-state index < -0.39 is 15.6 Å². The molecule has 2 heterocycles. The summed E-state index contributed by atoms with van der Waals surface area (Å²) in [7, 11) is -3.84. The average molecular weight is 397 g/mol. The number of hydrogen-bond acceptors (Lipinski definition) is 5. The van der Waals surface area contributed by atoms with Gasteiger partial charge in [-0.2, -0.15) is 0 Å². The van der Waals surface area contributed by atoms with Gasteiger partial charge in [0, 0.05) is 22.8 Å². The molecule has 2 aromatic carbocycles. The zero-order chi connectivity index (χ0) is 19.9. The number of pyridine rings is 1. The molecular weight excluding hydrogens is 378 g/mol. The SMILES string of the molecule is CC1(O)CN(C(=O)c2ccc(NS(=O)(=O)c3cccc4cccnc34)cc2)C1. The van der Waals surface area contributed by atoms with E-state index in [9.17, 15) is 18.3 Å². The van der Waals surface area contributed by atoms with Gasteiger partial charge in [0.1, 0.15) is 4.90 Å². The van der Waals surface area contributed by atoms with Gasteiger partial charge in [0.15, 0.2) is 0 Å². The number of rotatable bonds is 4. The van der Waals surface area contributed by atoms with E-state index in [1.165, 1.54) is 6.07 Å². The predicted octanol–water partition coefficient (Wildman–Crippen LogP) is 2.24. The van der Waals surface area contributed by atoms with E-state index in [0.29, 0.717) is 16.8 Å². The number of hydrogen-bond donors (Lipinski definition) is 2. The number of aliphatic hydroxyl groups is 1. The highest BCUT2D eigenvalue weighted by Crippen LogP contribution is 2.25. The molecule has 0 atom stereocenters. The van der Waals surface area contributed by atoms with Gasteiger partial charge in [-0.1, -0.05) is 18.2 Å². The Morgan fingerprint density at radius 1 is 1.11 bits per heavy atom. The number of benzene rings is 2. The number of fused-ring (bicyclic) bond motifs is 1. The maximum absolute atomic E-state index is 12.8. The molecule has 1 aliphatic heterocycles. The molecule has 0 spiro atoms. The summed E-state index contributed by atoms with van der Waals surface area (Å²) in [4.78, 5) is 18.2. The van der Waals surface area contributed by atoms with Crippen LogP contribution in [0.3, 0.4) is 0 Å². The minimum atomic E-state index is -3.84. The summed E-state index contributed by atoms with van der Waals surface area (Å²) in [6, 6.07) is 14.7. The highest BCUT2D eigenvalue weighted by molar-refractivity contribution is 7.93. The van der Waals surface area contributed by atoms with Crippen molar-refractivity contribution < 1.29 is 18.3 Å². The molecule has 1 amide bonds. The minimum Gasteiger partial charge on any atom is -0.386 e. The zero-order valence-electron chi connectivity index (χ0n) is 15.2. The number of nitrogens with one attached hydrogen (secondary N) is 1. The molecule has 0 radical (unpaired) electrons. The van der Waals surface area contributed by atoms with Crippen LogP contribution in [0.25, 0.3) is 10.9 Å². The second kappa shape index (κ2) is 6.57. The number of para-hydroxylation sites is 1. The van der Waals surface area contributed by atoms with Crippen LogP contribution in [-0.4, -0.2) is 48.0 Å². The molecule has 0 bridgehead atoms. The van der Waals surface area contributed by atoms with Gasteiger partial charge in [-0.3, -0.25) is 14.5 Å². The Balaban J connectivity index is 1.55. The average Bonchev–Trinajstić information content (AvgIpc) is 2.65. The van der Waals surface area contributed by atoms with Crippen molar-refractivity contribution in [3.63, 3.8) is 0 Å². The van der Waals surface area contributed by atoms with Gasteiger partial charge >= 0.3 is 0 Å². The lowest BCUT2D eigenvalue weighted by Crippen LogP contribution is -2.61. The molecule has 28 heavy (non-hydrogen) atoms. The fourth-order valence-electron chi connectivity index (χ4n) is 3.29. The van der Waals surface area contributed by atoms with Crippen molar-refractivity contribution in [1.29, 1.82) is 0 Å². The summed E-state index contributed by atoms with van der Waals surface area (Å²) in [6.45, 7) is 2.25. The summed E-state index contributed by atoms with van der Waals surface area (Å²) >= 11 is 0. The Bertz CT molecular complexity index is 1140. The van der Waals surface area contributed by atoms with Crippen molar-refractivity contribution in [2.75, 3.05) is 17.8 Å². The zero-order valence-corrected chi connectivity index (χ0v) is 16.0. The van der Waals surface area contributed by atoms with Crippen LogP contribution >= 0.6 is 0 Å². The van der Waals surface area contributed by atoms with Crippen LogP contribution in [0.2, 0.25) is 0 Å². The Kier molecular flexibility index (Phi) is 4.32. The van der Waals surface area contributed by atoms with E-state index in [1.807, 2.05) is 0 Å². The first-order valence-corrected chi connectivity index (χ1v) is 10.2.